The molecule has 0 atom stereocenters. The van der Waals surface area contributed by atoms with Crippen LogP contribution in [0, 0.1) is 6.92 Å². The van der Waals surface area contributed by atoms with E-state index >= 15 is 0 Å². The maximum atomic E-state index is 12.6. The van der Waals surface area contributed by atoms with Crippen molar-refractivity contribution in [3.05, 3.63) is 41.6 Å². The molecule has 0 aliphatic carbocycles. The molecule has 0 aliphatic heterocycles. The molecule has 0 amide bonds. The summed E-state index contributed by atoms with van der Waals surface area (Å²) in [6, 6.07) is 3.49. The van der Waals surface area contributed by atoms with Crippen LogP contribution in [-0.4, -0.2) is 31.4 Å². The number of aromatic nitrogens is 1. The molecule has 0 fully saturated rings. The van der Waals surface area contributed by atoms with Gasteiger partial charge < -0.3 is 14.3 Å². The lowest BCUT2D eigenvalue weighted by Crippen LogP contribution is -2.26. The lowest BCUT2D eigenvalue weighted by Gasteiger charge is -2.15. The van der Waals surface area contributed by atoms with Crippen molar-refractivity contribution < 1.29 is 12.8 Å². The molecule has 0 radical (unpaired) electrons. The van der Waals surface area contributed by atoms with E-state index in [-0.39, 0.29) is 0 Å². The van der Waals surface area contributed by atoms with E-state index in [0.29, 0.717) is 18.0 Å². The van der Waals surface area contributed by atoms with E-state index in [1.807, 2.05) is 25.6 Å². The summed E-state index contributed by atoms with van der Waals surface area (Å²) in [4.78, 5) is 0.305. The second-order valence-electron chi connectivity index (χ2n) is 5.07. The van der Waals surface area contributed by atoms with Gasteiger partial charge in [0.1, 0.15) is 10.7 Å². The van der Waals surface area contributed by atoms with Crippen molar-refractivity contribution in [1.29, 1.82) is 0 Å². The van der Waals surface area contributed by atoms with Crippen molar-refractivity contribution in [3.63, 3.8) is 0 Å². The Balaban J connectivity index is 2.24. The largest absolute Gasteiger partial charge is 0.469 e. The Bertz CT molecular complexity index is 716. The summed E-state index contributed by atoms with van der Waals surface area (Å²) in [5.41, 5.74) is 1.79. The van der Waals surface area contributed by atoms with Gasteiger partial charge in [0.2, 0.25) is 10.0 Å². The maximum absolute atomic E-state index is 12.6. The molecule has 0 bridgehead atoms. The third-order valence-corrected chi connectivity index (χ3v) is 5.28. The zero-order valence-corrected chi connectivity index (χ0v) is 13.6. The average molecular weight is 311 g/mol. The van der Waals surface area contributed by atoms with E-state index in [0.717, 1.165) is 17.0 Å². The molecule has 116 valence electrons. The first-order valence-electron chi connectivity index (χ1n) is 6.65. The van der Waals surface area contributed by atoms with Crippen molar-refractivity contribution in [2.24, 2.45) is 7.05 Å². The number of sulfonamides is 1. The van der Waals surface area contributed by atoms with Crippen LogP contribution in [-0.2, 0) is 30.2 Å². The molecule has 0 saturated carbocycles. The first-order chi connectivity index (χ1) is 9.86. The molecule has 0 aliphatic rings. The number of hydrogen-bond donors (Lipinski definition) is 1. The second kappa shape index (κ2) is 6.05. The molecule has 2 rings (SSSR count). The molecule has 0 aromatic carbocycles. The van der Waals surface area contributed by atoms with Crippen LogP contribution in [0.5, 0.6) is 0 Å². The van der Waals surface area contributed by atoms with Gasteiger partial charge in [-0.2, -0.15) is 4.31 Å². The lowest BCUT2D eigenvalue weighted by atomic mass is 10.3. The highest BCUT2D eigenvalue weighted by Crippen LogP contribution is 2.20. The third kappa shape index (κ3) is 3.20. The standard InChI is InChI=1S/C14H21N3O3S/c1-11-12(5-6-20-11)9-17(4)21(18,19)14-7-13(8-15-2)16(3)10-14/h5-7,10,15H,8-9H2,1-4H3. The Labute approximate surface area is 125 Å². The van der Waals surface area contributed by atoms with Crippen molar-refractivity contribution in [2.75, 3.05) is 14.1 Å². The van der Waals surface area contributed by atoms with Crippen LogP contribution in [0.3, 0.4) is 0 Å². The molecular weight excluding hydrogens is 290 g/mol. The van der Waals surface area contributed by atoms with Gasteiger partial charge in [-0.05, 0) is 26.1 Å². The van der Waals surface area contributed by atoms with Crippen molar-refractivity contribution in [2.45, 2.75) is 24.9 Å². The highest BCUT2D eigenvalue weighted by Gasteiger charge is 2.24. The zero-order chi connectivity index (χ0) is 15.6. The fourth-order valence-electron chi connectivity index (χ4n) is 2.16. The summed E-state index contributed by atoms with van der Waals surface area (Å²) >= 11 is 0. The Morgan fingerprint density at radius 2 is 2.14 bits per heavy atom. The van der Waals surface area contributed by atoms with Gasteiger partial charge in [-0.3, -0.25) is 0 Å². The van der Waals surface area contributed by atoms with Crippen molar-refractivity contribution in [1.82, 2.24) is 14.2 Å². The highest BCUT2D eigenvalue weighted by molar-refractivity contribution is 7.89. The average Bonchev–Trinajstić information content (AvgIpc) is 2.98. The zero-order valence-electron chi connectivity index (χ0n) is 12.8. The van der Waals surface area contributed by atoms with Gasteiger partial charge in [-0.1, -0.05) is 0 Å². The molecule has 21 heavy (non-hydrogen) atoms. The molecule has 0 spiro atoms. The van der Waals surface area contributed by atoms with Gasteiger partial charge in [-0.25, -0.2) is 8.42 Å². The minimum atomic E-state index is -3.51. The normalized spacial score (nSPS) is 12.2. The number of furan rings is 1. The van der Waals surface area contributed by atoms with Gasteiger partial charge in [0, 0.05) is 44.6 Å². The number of nitrogens with one attached hydrogen (secondary N) is 1. The summed E-state index contributed by atoms with van der Waals surface area (Å²) in [6.07, 6.45) is 3.21. The predicted molar refractivity (Wildman–Crippen MR) is 80.3 cm³/mol. The first-order valence-corrected chi connectivity index (χ1v) is 8.09. The maximum Gasteiger partial charge on any atom is 0.244 e. The van der Waals surface area contributed by atoms with E-state index in [4.69, 9.17) is 4.42 Å². The fourth-order valence-corrected chi connectivity index (χ4v) is 3.40. The van der Waals surface area contributed by atoms with E-state index in [1.165, 1.54) is 4.31 Å². The van der Waals surface area contributed by atoms with Crippen LogP contribution in [0.15, 0.2) is 33.9 Å². The molecule has 2 aromatic heterocycles. The van der Waals surface area contributed by atoms with E-state index < -0.39 is 10.0 Å². The molecule has 1 N–H and O–H groups in total. The lowest BCUT2D eigenvalue weighted by molar-refractivity contribution is 0.459. The Hall–Kier alpha value is -1.57. The van der Waals surface area contributed by atoms with Crippen LogP contribution in [0.2, 0.25) is 0 Å². The Kier molecular flexibility index (Phi) is 4.55. The minimum absolute atomic E-state index is 0.293. The minimum Gasteiger partial charge on any atom is -0.469 e. The number of hydrogen-bond acceptors (Lipinski definition) is 4. The van der Waals surface area contributed by atoms with E-state index in [1.54, 1.807) is 31.6 Å². The van der Waals surface area contributed by atoms with E-state index in [2.05, 4.69) is 5.32 Å². The predicted octanol–water partition coefficient (Wildman–Crippen LogP) is 1.47. The molecule has 7 heteroatoms. The van der Waals surface area contributed by atoms with Crippen molar-refractivity contribution >= 4 is 10.0 Å². The molecular formula is C14H21N3O3S. The number of rotatable bonds is 6. The fraction of sp³-hybridized carbons (Fsp3) is 0.429. The molecule has 0 saturated heterocycles. The van der Waals surface area contributed by atoms with Crippen LogP contribution in [0.25, 0.3) is 0 Å². The molecule has 6 nitrogen and oxygen atoms in total. The third-order valence-electron chi connectivity index (χ3n) is 3.51. The van der Waals surface area contributed by atoms with Crippen LogP contribution < -0.4 is 5.32 Å². The molecule has 2 aromatic rings. The second-order valence-corrected chi connectivity index (χ2v) is 7.12. The van der Waals surface area contributed by atoms with Gasteiger partial charge in [0.25, 0.3) is 0 Å². The van der Waals surface area contributed by atoms with Crippen molar-refractivity contribution in [3.8, 4) is 0 Å². The highest BCUT2D eigenvalue weighted by atomic mass is 32.2. The van der Waals surface area contributed by atoms with Gasteiger partial charge in [0.15, 0.2) is 0 Å². The summed E-state index contributed by atoms with van der Waals surface area (Å²) in [6.45, 7) is 2.74. The summed E-state index contributed by atoms with van der Waals surface area (Å²) in [5, 5.41) is 3.02. The molecule has 0 unspecified atom stereocenters. The van der Waals surface area contributed by atoms with Gasteiger partial charge in [0.05, 0.1) is 6.26 Å². The van der Waals surface area contributed by atoms with Gasteiger partial charge in [-0.15, -0.1) is 0 Å². The van der Waals surface area contributed by atoms with Gasteiger partial charge >= 0.3 is 0 Å². The summed E-state index contributed by atoms with van der Waals surface area (Å²) in [5.74, 6) is 0.737. The number of nitrogens with zero attached hydrogens (tertiary/aromatic N) is 2. The first kappa shape index (κ1) is 15.8. The Morgan fingerprint density at radius 1 is 1.43 bits per heavy atom. The van der Waals surface area contributed by atoms with Crippen LogP contribution in [0.1, 0.15) is 17.0 Å². The quantitative estimate of drug-likeness (QED) is 0.877. The van der Waals surface area contributed by atoms with Crippen LogP contribution in [0.4, 0.5) is 0 Å². The number of aryl methyl sites for hydroxylation is 2. The summed E-state index contributed by atoms with van der Waals surface area (Å²) < 4.78 is 33.6. The smallest absolute Gasteiger partial charge is 0.244 e. The molecule has 2 heterocycles. The topological polar surface area (TPSA) is 67.5 Å². The Morgan fingerprint density at radius 3 is 2.71 bits per heavy atom. The van der Waals surface area contributed by atoms with Crippen LogP contribution >= 0.6 is 0 Å². The SMILES string of the molecule is CNCc1cc(S(=O)(=O)N(C)Cc2ccoc2C)cn1C. The summed E-state index contributed by atoms with van der Waals surface area (Å²) in [7, 11) is 1.73. The van der Waals surface area contributed by atoms with E-state index in [9.17, 15) is 8.42 Å². The monoisotopic (exact) mass is 311 g/mol.